The maximum atomic E-state index is 12.9. The van der Waals surface area contributed by atoms with Crippen LogP contribution >= 0.6 is 0 Å². The molecule has 144 valence electrons. The van der Waals surface area contributed by atoms with Crippen LogP contribution in [0.5, 0.6) is 0 Å². The van der Waals surface area contributed by atoms with E-state index >= 15 is 0 Å². The molecule has 0 bridgehead atoms. The first-order chi connectivity index (χ1) is 13.0. The van der Waals surface area contributed by atoms with Crippen molar-refractivity contribution in [3.8, 4) is 0 Å². The van der Waals surface area contributed by atoms with Gasteiger partial charge in [0.15, 0.2) is 5.78 Å². The second-order valence-corrected chi connectivity index (χ2v) is 10.6. The number of hydrogen-bond acceptors (Lipinski definition) is 1. The minimum absolute atomic E-state index is 0.335. The standard InChI is InChI=1S/C26H34O/c1-25-13-6-9-22(25)21-11-10-20-16-24(27)19(15-18-7-4-3-5-8-18)17-26(20,2)23(21)12-14-25/h3-5,7-8,15,20-23H,6,9-14,16-17H2,1-2H3/b19-15-/t20-,21-,22+,23+,25+,26-/m0/s1. The molecule has 0 radical (unpaired) electrons. The van der Waals surface area contributed by atoms with Crippen LogP contribution in [0.3, 0.4) is 0 Å². The fourth-order valence-corrected chi connectivity index (χ4v) is 7.88. The molecule has 0 saturated heterocycles. The summed E-state index contributed by atoms with van der Waals surface area (Å²) < 4.78 is 0. The predicted molar refractivity (Wildman–Crippen MR) is 111 cm³/mol. The number of carbonyl (C=O) groups is 1. The Morgan fingerprint density at radius 1 is 0.963 bits per heavy atom. The molecule has 1 aromatic carbocycles. The fraction of sp³-hybridized carbons (Fsp3) is 0.654. The van der Waals surface area contributed by atoms with E-state index in [4.69, 9.17) is 0 Å². The van der Waals surface area contributed by atoms with E-state index in [9.17, 15) is 4.79 Å². The lowest BCUT2D eigenvalue weighted by Crippen LogP contribution is -2.53. The Labute approximate surface area is 164 Å². The smallest absolute Gasteiger partial charge is 0.159 e. The largest absolute Gasteiger partial charge is 0.295 e. The van der Waals surface area contributed by atoms with Gasteiger partial charge in [-0.3, -0.25) is 4.79 Å². The first kappa shape index (κ1) is 17.7. The Bertz CT molecular complexity index is 762. The highest BCUT2D eigenvalue weighted by molar-refractivity contribution is 6.00. The third-order valence-electron chi connectivity index (χ3n) is 9.35. The summed E-state index contributed by atoms with van der Waals surface area (Å²) in [6.45, 7) is 5.14. The molecule has 0 aromatic heterocycles. The van der Waals surface area contributed by atoms with Crippen molar-refractivity contribution in [2.45, 2.75) is 71.6 Å². The zero-order chi connectivity index (χ0) is 18.6. The monoisotopic (exact) mass is 362 g/mol. The van der Waals surface area contributed by atoms with Crippen LogP contribution in [0.4, 0.5) is 0 Å². The highest BCUT2D eigenvalue weighted by Gasteiger charge is 2.58. The highest BCUT2D eigenvalue weighted by atomic mass is 16.1. The van der Waals surface area contributed by atoms with Crippen LogP contribution in [-0.4, -0.2) is 5.78 Å². The minimum Gasteiger partial charge on any atom is -0.295 e. The van der Waals surface area contributed by atoms with Crippen molar-refractivity contribution in [1.29, 1.82) is 0 Å². The van der Waals surface area contributed by atoms with Gasteiger partial charge < -0.3 is 0 Å². The Morgan fingerprint density at radius 2 is 1.78 bits per heavy atom. The Hall–Kier alpha value is -1.37. The molecular weight excluding hydrogens is 328 g/mol. The second kappa shape index (κ2) is 6.33. The Morgan fingerprint density at radius 3 is 2.59 bits per heavy atom. The van der Waals surface area contributed by atoms with Gasteiger partial charge in [0.05, 0.1) is 0 Å². The van der Waals surface area contributed by atoms with Crippen LogP contribution in [-0.2, 0) is 4.79 Å². The summed E-state index contributed by atoms with van der Waals surface area (Å²) in [4.78, 5) is 12.9. The molecule has 0 N–H and O–H groups in total. The van der Waals surface area contributed by atoms with Gasteiger partial charge in [0, 0.05) is 6.42 Å². The maximum absolute atomic E-state index is 12.9. The van der Waals surface area contributed by atoms with Crippen molar-refractivity contribution >= 4 is 11.9 Å². The van der Waals surface area contributed by atoms with Gasteiger partial charge in [0.25, 0.3) is 0 Å². The first-order valence-electron chi connectivity index (χ1n) is 11.3. The molecule has 4 aliphatic rings. The Balaban J connectivity index is 1.46. The van der Waals surface area contributed by atoms with Gasteiger partial charge in [0.1, 0.15) is 0 Å². The zero-order valence-corrected chi connectivity index (χ0v) is 17.0. The topological polar surface area (TPSA) is 17.1 Å². The number of benzene rings is 1. The molecule has 0 heterocycles. The van der Waals surface area contributed by atoms with Crippen molar-refractivity contribution in [2.75, 3.05) is 0 Å². The van der Waals surface area contributed by atoms with Crippen molar-refractivity contribution in [2.24, 2.45) is 34.5 Å². The van der Waals surface area contributed by atoms with Crippen molar-refractivity contribution in [1.82, 2.24) is 0 Å². The van der Waals surface area contributed by atoms with Gasteiger partial charge in [-0.05, 0) is 96.7 Å². The molecule has 4 aliphatic carbocycles. The molecule has 6 atom stereocenters. The molecule has 4 fully saturated rings. The molecule has 1 heteroatoms. The first-order valence-corrected chi connectivity index (χ1v) is 11.3. The summed E-state index contributed by atoms with van der Waals surface area (Å²) in [7, 11) is 0. The number of ketones is 1. The van der Waals surface area contributed by atoms with E-state index in [0.717, 1.165) is 36.2 Å². The zero-order valence-electron chi connectivity index (χ0n) is 17.0. The quantitative estimate of drug-likeness (QED) is 0.509. The van der Waals surface area contributed by atoms with Gasteiger partial charge in [-0.2, -0.15) is 0 Å². The third-order valence-corrected chi connectivity index (χ3v) is 9.35. The number of Topliss-reactive ketones (excluding diaryl/α,β-unsaturated/α-hetero) is 1. The number of carbonyl (C=O) groups excluding carboxylic acids is 1. The van der Waals surface area contributed by atoms with Crippen molar-refractivity contribution in [3.63, 3.8) is 0 Å². The molecule has 1 aromatic rings. The molecule has 27 heavy (non-hydrogen) atoms. The summed E-state index contributed by atoms with van der Waals surface area (Å²) in [5.41, 5.74) is 3.24. The summed E-state index contributed by atoms with van der Waals surface area (Å²) in [6.07, 6.45) is 13.9. The van der Waals surface area contributed by atoms with Crippen LogP contribution in [0.25, 0.3) is 6.08 Å². The Kier molecular flexibility index (Phi) is 4.15. The predicted octanol–water partition coefficient (Wildman–Crippen LogP) is 6.68. The number of rotatable bonds is 1. The van der Waals surface area contributed by atoms with Crippen molar-refractivity contribution < 1.29 is 4.79 Å². The lowest BCUT2D eigenvalue weighted by molar-refractivity contribution is -0.130. The average Bonchev–Trinajstić information content (AvgIpc) is 3.05. The summed E-state index contributed by atoms with van der Waals surface area (Å²) in [5.74, 6) is 3.73. The number of fused-ring (bicyclic) bond motifs is 5. The summed E-state index contributed by atoms with van der Waals surface area (Å²) in [5, 5.41) is 0. The van der Waals surface area contributed by atoms with Gasteiger partial charge in [-0.15, -0.1) is 0 Å². The lowest BCUT2D eigenvalue weighted by Gasteiger charge is -2.60. The van der Waals surface area contributed by atoms with Crippen molar-refractivity contribution in [3.05, 3.63) is 41.5 Å². The highest BCUT2D eigenvalue weighted by Crippen LogP contribution is 2.66. The van der Waals surface area contributed by atoms with E-state index in [2.05, 4.69) is 50.3 Å². The molecule has 4 saturated carbocycles. The van der Waals surface area contributed by atoms with Gasteiger partial charge in [-0.25, -0.2) is 0 Å². The minimum atomic E-state index is 0.335. The normalized spacial score (nSPS) is 45.3. The van der Waals surface area contributed by atoms with Crippen LogP contribution in [0.15, 0.2) is 35.9 Å². The molecule has 0 aliphatic heterocycles. The second-order valence-electron chi connectivity index (χ2n) is 10.6. The lowest BCUT2D eigenvalue weighted by atomic mass is 9.45. The summed E-state index contributed by atoms with van der Waals surface area (Å²) >= 11 is 0. The molecule has 0 amide bonds. The average molecular weight is 363 g/mol. The van der Waals surface area contributed by atoms with E-state index in [1.54, 1.807) is 0 Å². The van der Waals surface area contributed by atoms with Crippen LogP contribution in [0.2, 0.25) is 0 Å². The molecule has 0 unspecified atom stereocenters. The SMILES string of the molecule is C[C@]12CCC[C@@H]1[C@@H]1CC[C@H]3CC(=O)/C(=C\c4ccccc4)C[C@]3(C)[C@@H]1CC2. The van der Waals surface area contributed by atoms with E-state index in [0.29, 0.717) is 22.5 Å². The van der Waals surface area contributed by atoms with Gasteiger partial charge in [-0.1, -0.05) is 50.6 Å². The number of allylic oxidation sites excluding steroid dienone is 1. The van der Waals surface area contributed by atoms with Gasteiger partial charge >= 0.3 is 0 Å². The molecule has 0 spiro atoms. The van der Waals surface area contributed by atoms with Crippen LogP contribution < -0.4 is 0 Å². The summed E-state index contributed by atoms with van der Waals surface area (Å²) in [6, 6.07) is 10.5. The molecular formula is C26H34O. The molecule has 5 rings (SSSR count). The molecule has 1 nitrogen and oxygen atoms in total. The number of hydrogen-bond donors (Lipinski definition) is 0. The van der Waals surface area contributed by atoms with E-state index in [1.807, 2.05) is 0 Å². The fourth-order valence-electron chi connectivity index (χ4n) is 7.88. The van der Waals surface area contributed by atoms with E-state index in [-0.39, 0.29) is 0 Å². The van der Waals surface area contributed by atoms with Gasteiger partial charge in [0.2, 0.25) is 0 Å². The van der Waals surface area contributed by atoms with Crippen LogP contribution in [0.1, 0.15) is 77.2 Å². The maximum Gasteiger partial charge on any atom is 0.159 e. The van der Waals surface area contributed by atoms with Crippen LogP contribution in [0, 0.1) is 34.5 Å². The third kappa shape index (κ3) is 2.76. The van der Waals surface area contributed by atoms with E-state index < -0.39 is 0 Å². The van der Waals surface area contributed by atoms with E-state index in [1.165, 1.54) is 50.5 Å².